The third kappa shape index (κ3) is 4.32. The van der Waals surface area contributed by atoms with Gasteiger partial charge in [0.2, 0.25) is 0 Å². The molecule has 1 unspecified atom stereocenters. The number of ether oxygens (including phenoxy) is 2. The van der Waals surface area contributed by atoms with E-state index in [4.69, 9.17) is 9.47 Å². The maximum Gasteiger partial charge on any atom is 0.125 e. The van der Waals surface area contributed by atoms with Crippen molar-refractivity contribution in [3.05, 3.63) is 30.1 Å². The van der Waals surface area contributed by atoms with Crippen molar-refractivity contribution in [3.8, 4) is 0 Å². The summed E-state index contributed by atoms with van der Waals surface area (Å²) in [6, 6.07) is 6.44. The summed E-state index contributed by atoms with van der Waals surface area (Å²) >= 11 is 0. The summed E-state index contributed by atoms with van der Waals surface area (Å²) in [6.07, 6.45) is 1.09. The van der Waals surface area contributed by atoms with Gasteiger partial charge in [0.25, 0.3) is 0 Å². The average molecular weight is 239 g/mol. The van der Waals surface area contributed by atoms with Crippen LogP contribution in [0.1, 0.15) is 6.42 Å². The first kappa shape index (κ1) is 12.3. The van der Waals surface area contributed by atoms with Gasteiger partial charge in [0, 0.05) is 24.8 Å². The van der Waals surface area contributed by atoms with Crippen molar-refractivity contribution >= 4 is 5.69 Å². The zero-order valence-corrected chi connectivity index (χ0v) is 9.82. The number of halogens is 1. The fourth-order valence-electron chi connectivity index (χ4n) is 1.83. The lowest BCUT2D eigenvalue weighted by molar-refractivity contribution is 0.0964. The van der Waals surface area contributed by atoms with Gasteiger partial charge in [0.1, 0.15) is 5.82 Å². The molecular formula is C13H18FNO2. The molecule has 3 nitrogen and oxygen atoms in total. The molecule has 94 valence electrons. The summed E-state index contributed by atoms with van der Waals surface area (Å²) in [5.41, 5.74) is 0.790. The molecule has 0 aliphatic carbocycles. The lowest BCUT2D eigenvalue weighted by Crippen LogP contribution is -2.14. The first-order chi connectivity index (χ1) is 8.34. The Kier molecular flexibility index (Phi) is 4.76. The van der Waals surface area contributed by atoms with E-state index in [1.54, 1.807) is 6.07 Å². The molecule has 1 aliphatic heterocycles. The van der Waals surface area contributed by atoms with Crippen LogP contribution in [0.5, 0.6) is 0 Å². The highest BCUT2D eigenvalue weighted by atomic mass is 19.1. The number of hydrogen-bond donors (Lipinski definition) is 1. The third-order valence-electron chi connectivity index (χ3n) is 2.78. The molecule has 1 aromatic carbocycles. The van der Waals surface area contributed by atoms with Crippen LogP contribution in [0, 0.1) is 11.7 Å². The van der Waals surface area contributed by atoms with Crippen LogP contribution in [0.3, 0.4) is 0 Å². The van der Waals surface area contributed by atoms with Crippen LogP contribution in [-0.2, 0) is 9.47 Å². The second-order valence-electron chi connectivity index (χ2n) is 4.24. The van der Waals surface area contributed by atoms with Crippen molar-refractivity contribution in [1.29, 1.82) is 0 Å². The summed E-state index contributed by atoms with van der Waals surface area (Å²) in [5.74, 6) is 0.322. The summed E-state index contributed by atoms with van der Waals surface area (Å²) in [5, 5.41) is 3.11. The molecule has 0 spiro atoms. The van der Waals surface area contributed by atoms with Gasteiger partial charge in [-0.25, -0.2) is 4.39 Å². The molecule has 0 bridgehead atoms. The Morgan fingerprint density at radius 2 is 2.41 bits per heavy atom. The average Bonchev–Trinajstić information content (AvgIpc) is 2.82. The molecule has 0 aromatic heterocycles. The first-order valence-electron chi connectivity index (χ1n) is 5.99. The summed E-state index contributed by atoms with van der Waals surface area (Å²) in [7, 11) is 0. The van der Waals surface area contributed by atoms with Crippen LogP contribution in [-0.4, -0.2) is 33.0 Å². The van der Waals surface area contributed by atoms with Crippen molar-refractivity contribution in [2.24, 2.45) is 5.92 Å². The number of anilines is 1. The lowest BCUT2D eigenvalue weighted by atomic mass is 10.1. The van der Waals surface area contributed by atoms with Gasteiger partial charge in [0.05, 0.1) is 19.8 Å². The molecule has 0 amide bonds. The highest BCUT2D eigenvalue weighted by molar-refractivity contribution is 5.42. The van der Waals surface area contributed by atoms with E-state index in [1.165, 1.54) is 12.1 Å². The zero-order chi connectivity index (χ0) is 11.9. The fourth-order valence-corrected chi connectivity index (χ4v) is 1.83. The maximum absolute atomic E-state index is 12.9. The number of hydrogen-bond acceptors (Lipinski definition) is 3. The van der Waals surface area contributed by atoms with Gasteiger partial charge in [-0.3, -0.25) is 0 Å². The molecule has 0 radical (unpaired) electrons. The van der Waals surface area contributed by atoms with Crippen LogP contribution < -0.4 is 5.32 Å². The van der Waals surface area contributed by atoms with Crippen molar-refractivity contribution in [1.82, 2.24) is 0 Å². The minimum atomic E-state index is -0.223. The Morgan fingerprint density at radius 3 is 3.18 bits per heavy atom. The molecule has 2 rings (SSSR count). The third-order valence-corrected chi connectivity index (χ3v) is 2.78. The number of rotatable bonds is 6. The minimum absolute atomic E-state index is 0.223. The molecule has 17 heavy (non-hydrogen) atoms. The Hall–Kier alpha value is -1.13. The predicted octanol–water partition coefficient (Wildman–Crippen LogP) is 2.29. The van der Waals surface area contributed by atoms with Crippen molar-refractivity contribution in [2.75, 3.05) is 38.3 Å². The molecule has 0 saturated carbocycles. The number of nitrogens with one attached hydrogen (secondary N) is 1. The molecule has 4 heteroatoms. The highest BCUT2D eigenvalue weighted by Gasteiger charge is 2.14. The summed E-state index contributed by atoms with van der Waals surface area (Å²) in [6.45, 7) is 3.75. The van der Waals surface area contributed by atoms with Crippen LogP contribution in [0.25, 0.3) is 0 Å². The first-order valence-corrected chi connectivity index (χ1v) is 5.99. The standard InChI is InChI=1S/C13H18FNO2/c14-12-2-1-3-13(8-12)15-5-7-17-10-11-4-6-16-9-11/h1-3,8,11,15H,4-7,9-10H2. The second kappa shape index (κ2) is 6.57. The van der Waals surface area contributed by atoms with Gasteiger partial charge in [0.15, 0.2) is 0 Å². The van der Waals surface area contributed by atoms with E-state index in [0.717, 1.165) is 31.9 Å². The Bertz CT molecular complexity index is 340. The van der Waals surface area contributed by atoms with Crippen molar-refractivity contribution < 1.29 is 13.9 Å². The zero-order valence-electron chi connectivity index (χ0n) is 9.82. The van der Waals surface area contributed by atoms with Crippen LogP contribution in [0.15, 0.2) is 24.3 Å². The summed E-state index contributed by atoms with van der Waals surface area (Å²) < 4.78 is 23.7. The molecule has 1 heterocycles. The van der Waals surface area contributed by atoms with E-state index >= 15 is 0 Å². The normalized spacial score (nSPS) is 19.5. The maximum atomic E-state index is 12.9. The van der Waals surface area contributed by atoms with Crippen LogP contribution in [0.2, 0.25) is 0 Å². The van der Waals surface area contributed by atoms with E-state index in [9.17, 15) is 4.39 Å². The minimum Gasteiger partial charge on any atom is -0.383 e. The van der Waals surface area contributed by atoms with Crippen LogP contribution >= 0.6 is 0 Å². The predicted molar refractivity (Wildman–Crippen MR) is 64.6 cm³/mol. The molecule has 1 fully saturated rings. The Balaban J connectivity index is 1.56. The van der Waals surface area contributed by atoms with Gasteiger partial charge in [-0.05, 0) is 24.6 Å². The van der Waals surface area contributed by atoms with E-state index in [1.807, 2.05) is 6.07 Å². The molecule has 1 saturated heterocycles. The van der Waals surface area contributed by atoms with E-state index in [2.05, 4.69) is 5.32 Å². The SMILES string of the molecule is Fc1cccc(NCCOCC2CCOC2)c1. The van der Waals surface area contributed by atoms with Gasteiger partial charge in [-0.1, -0.05) is 6.07 Å². The van der Waals surface area contributed by atoms with E-state index in [-0.39, 0.29) is 5.82 Å². The second-order valence-corrected chi connectivity index (χ2v) is 4.24. The topological polar surface area (TPSA) is 30.5 Å². The number of benzene rings is 1. The van der Waals surface area contributed by atoms with E-state index in [0.29, 0.717) is 19.1 Å². The quantitative estimate of drug-likeness (QED) is 0.773. The van der Waals surface area contributed by atoms with Gasteiger partial charge >= 0.3 is 0 Å². The lowest BCUT2D eigenvalue weighted by Gasteiger charge is -2.10. The molecule has 1 aromatic rings. The monoisotopic (exact) mass is 239 g/mol. The largest absolute Gasteiger partial charge is 0.383 e. The van der Waals surface area contributed by atoms with Crippen LogP contribution in [0.4, 0.5) is 10.1 Å². The Labute approximate surface area is 101 Å². The fraction of sp³-hybridized carbons (Fsp3) is 0.538. The van der Waals surface area contributed by atoms with E-state index < -0.39 is 0 Å². The van der Waals surface area contributed by atoms with Crippen molar-refractivity contribution in [3.63, 3.8) is 0 Å². The summed E-state index contributed by atoms with van der Waals surface area (Å²) in [4.78, 5) is 0. The molecular weight excluding hydrogens is 221 g/mol. The Morgan fingerprint density at radius 1 is 1.47 bits per heavy atom. The van der Waals surface area contributed by atoms with Gasteiger partial charge < -0.3 is 14.8 Å². The highest BCUT2D eigenvalue weighted by Crippen LogP contribution is 2.12. The van der Waals surface area contributed by atoms with Gasteiger partial charge in [-0.2, -0.15) is 0 Å². The van der Waals surface area contributed by atoms with Gasteiger partial charge in [-0.15, -0.1) is 0 Å². The smallest absolute Gasteiger partial charge is 0.125 e. The molecule has 1 N–H and O–H groups in total. The molecule has 1 atom stereocenters. The van der Waals surface area contributed by atoms with Crippen molar-refractivity contribution in [2.45, 2.75) is 6.42 Å². The molecule has 1 aliphatic rings.